The molecule has 0 aliphatic rings. The van der Waals surface area contributed by atoms with Crippen LogP contribution in [0.15, 0.2) is 47.8 Å². The Kier molecular flexibility index (Phi) is 6.04. The minimum atomic E-state index is -0.169. The van der Waals surface area contributed by atoms with Crippen molar-refractivity contribution < 1.29 is 14.3 Å². The second kappa shape index (κ2) is 8.46. The molecule has 0 atom stereocenters. The molecule has 0 saturated carbocycles. The summed E-state index contributed by atoms with van der Waals surface area (Å²) in [5.41, 5.74) is 3.62. The highest BCUT2D eigenvalue weighted by Gasteiger charge is 2.13. The van der Waals surface area contributed by atoms with Gasteiger partial charge in [-0.2, -0.15) is 0 Å². The van der Waals surface area contributed by atoms with Crippen LogP contribution < -0.4 is 14.8 Å². The molecule has 0 aliphatic heterocycles. The van der Waals surface area contributed by atoms with Crippen molar-refractivity contribution in [1.82, 2.24) is 0 Å². The zero-order valence-electron chi connectivity index (χ0n) is 15.3. The van der Waals surface area contributed by atoms with E-state index in [4.69, 9.17) is 21.1 Å². The molecule has 1 N–H and O–H groups in total. The van der Waals surface area contributed by atoms with Gasteiger partial charge in [0.1, 0.15) is 18.1 Å². The molecule has 27 heavy (non-hydrogen) atoms. The first kappa shape index (κ1) is 19.3. The number of aryl methyl sites for hydroxylation is 2. The van der Waals surface area contributed by atoms with E-state index in [2.05, 4.69) is 5.32 Å². The topological polar surface area (TPSA) is 47.6 Å². The van der Waals surface area contributed by atoms with Crippen molar-refractivity contribution in [3.05, 3.63) is 74.4 Å². The molecule has 3 aromatic rings. The van der Waals surface area contributed by atoms with Crippen LogP contribution in [0.4, 0.5) is 5.69 Å². The van der Waals surface area contributed by atoms with Crippen LogP contribution in [-0.4, -0.2) is 13.0 Å². The number of carbonyl (C=O) groups excluding carboxylic acids is 1. The number of thiophene rings is 1. The molecule has 6 heteroatoms. The molecular weight excluding hydrogens is 382 g/mol. The van der Waals surface area contributed by atoms with Gasteiger partial charge < -0.3 is 14.8 Å². The fourth-order valence-electron chi connectivity index (χ4n) is 2.61. The van der Waals surface area contributed by atoms with Crippen LogP contribution >= 0.6 is 22.9 Å². The summed E-state index contributed by atoms with van der Waals surface area (Å²) < 4.78 is 11.1. The summed E-state index contributed by atoms with van der Waals surface area (Å²) in [6.07, 6.45) is 0. The first-order chi connectivity index (χ1) is 13.0. The van der Waals surface area contributed by atoms with Crippen molar-refractivity contribution >= 4 is 34.5 Å². The van der Waals surface area contributed by atoms with Crippen LogP contribution in [0, 0.1) is 13.8 Å². The maximum atomic E-state index is 12.6. The summed E-state index contributed by atoms with van der Waals surface area (Å²) in [5.74, 6) is 1.24. The minimum absolute atomic E-state index is 0.169. The molecule has 0 unspecified atom stereocenters. The van der Waals surface area contributed by atoms with Gasteiger partial charge in [-0.3, -0.25) is 4.79 Å². The van der Waals surface area contributed by atoms with Gasteiger partial charge in [0.05, 0.1) is 17.7 Å². The van der Waals surface area contributed by atoms with Gasteiger partial charge in [0.15, 0.2) is 0 Å². The maximum absolute atomic E-state index is 12.6. The third-order valence-electron chi connectivity index (χ3n) is 4.01. The van der Waals surface area contributed by atoms with Crippen LogP contribution in [0.2, 0.25) is 5.02 Å². The van der Waals surface area contributed by atoms with Crippen LogP contribution in [0.5, 0.6) is 11.5 Å². The van der Waals surface area contributed by atoms with E-state index in [1.807, 2.05) is 55.6 Å². The Labute approximate surface area is 167 Å². The largest absolute Gasteiger partial charge is 0.495 e. The highest BCUT2D eigenvalue weighted by Crippen LogP contribution is 2.27. The quantitative estimate of drug-likeness (QED) is 0.562. The molecule has 0 spiro atoms. The lowest BCUT2D eigenvalue weighted by Crippen LogP contribution is -2.11. The Hall–Kier alpha value is -2.50. The van der Waals surface area contributed by atoms with E-state index in [9.17, 15) is 4.79 Å². The first-order valence-corrected chi connectivity index (χ1v) is 9.64. The number of ether oxygens (including phenoxy) is 2. The predicted octanol–water partition coefficient (Wildman–Crippen LogP) is 5.86. The molecule has 0 bridgehead atoms. The van der Waals surface area contributed by atoms with Crippen molar-refractivity contribution in [2.24, 2.45) is 0 Å². The summed E-state index contributed by atoms with van der Waals surface area (Å²) in [7, 11) is 1.58. The number of nitrogens with one attached hydrogen (secondary N) is 1. The Morgan fingerprint density at radius 1 is 1.11 bits per heavy atom. The Balaban J connectivity index is 1.66. The number of carbonyl (C=O) groups is 1. The third-order valence-corrected chi connectivity index (χ3v) is 5.22. The van der Waals surface area contributed by atoms with Crippen LogP contribution in [0.25, 0.3) is 0 Å². The van der Waals surface area contributed by atoms with Gasteiger partial charge in [-0.15, -0.1) is 11.3 Å². The zero-order chi connectivity index (χ0) is 19.4. The lowest BCUT2D eigenvalue weighted by Gasteiger charge is -2.10. The summed E-state index contributed by atoms with van der Waals surface area (Å²) in [6, 6.07) is 13.0. The van der Waals surface area contributed by atoms with Crippen molar-refractivity contribution in [2.45, 2.75) is 20.5 Å². The first-order valence-electron chi connectivity index (χ1n) is 8.38. The van der Waals surface area contributed by atoms with E-state index in [0.29, 0.717) is 27.9 Å². The SMILES string of the molecule is COc1ccc(C)cc1NC(=O)c1cc(COc2ccc(Cl)cc2C)cs1. The summed E-state index contributed by atoms with van der Waals surface area (Å²) in [4.78, 5) is 13.2. The molecular formula is C21H20ClNO3S. The number of hydrogen-bond donors (Lipinski definition) is 1. The molecule has 140 valence electrons. The fraction of sp³-hybridized carbons (Fsp3) is 0.190. The van der Waals surface area contributed by atoms with Crippen molar-refractivity contribution in [3.8, 4) is 11.5 Å². The average Bonchev–Trinajstić information content (AvgIpc) is 3.10. The van der Waals surface area contributed by atoms with E-state index >= 15 is 0 Å². The molecule has 1 amide bonds. The fourth-order valence-corrected chi connectivity index (χ4v) is 3.63. The minimum Gasteiger partial charge on any atom is -0.495 e. The number of benzene rings is 2. The molecule has 4 nitrogen and oxygen atoms in total. The lowest BCUT2D eigenvalue weighted by atomic mass is 10.2. The lowest BCUT2D eigenvalue weighted by molar-refractivity contribution is 0.103. The van der Waals surface area contributed by atoms with Crippen molar-refractivity contribution in [3.63, 3.8) is 0 Å². The number of amides is 1. The number of anilines is 1. The average molecular weight is 402 g/mol. The van der Waals surface area contributed by atoms with E-state index in [1.165, 1.54) is 11.3 Å². The molecule has 0 saturated heterocycles. The molecule has 0 radical (unpaired) electrons. The van der Waals surface area contributed by atoms with Gasteiger partial charge in [-0.05, 0) is 66.8 Å². The standard InChI is InChI=1S/C21H20ClNO3S/c1-13-4-6-19(25-3)17(8-13)23-21(24)20-10-15(12-27-20)11-26-18-7-5-16(22)9-14(18)2/h4-10,12H,11H2,1-3H3,(H,23,24). The number of rotatable bonds is 6. The van der Waals surface area contributed by atoms with Crippen molar-refractivity contribution in [1.29, 1.82) is 0 Å². The molecule has 1 aromatic heterocycles. The van der Waals surface area contributed by atoms with Gasteiger partial charge in [-0.1, -0.05) is 17.7 Å². The monoisotopic (exact) mass is 401 g/mol. The number of methoxy groups -OCH3 is 1. The molecule has 2 aromatic carbocycles. The van der Waals surface area contributed by atoms with Gasteiger partial charge in [0.25, 0.3) is 5.91 Å². The third kappa shape index (κ3) is 4.81. The molecule has 0 aliphatic carbocycles. The molecule has 0 fully saturated rings. The second-order valence-corrected chi connectivity index (χ2v) is 7.52. The smallest absolute Gasteiger partial charge is 0.265 e. The number of hydrogen-bond acceptors (Lipinski definition) is 4. The summed E-state index contributed by atoms with van der Waals surface area (Å²) >= 11 is 7.35. The second-order valence-electron chi connectivity index (χ2n) is 6.18. The van der Waals surface area contributed by atoms with Gasteiger partial charge in [0, 0.05) is 10.6 Å². The number of halogens is 1. The summed E-state index contributed by atoms with van der Waals surface area (Å²) in [6.45, 7) is 4.30. The highest BCUT2D eigenvalue weighted by atomic mass is 35.5. The predicted molar refractivity (Wildman–Crippen MR) is 111 cm³/mol. The van der Waals surface area contributed by atoms with Gasteiger partial charge in [0.2, 0.25) is 0 Å². The van der Waals surface area contributed by atoms with Crippen LogP contribution in [-0.2, 0) is 6.61 Å². The van der Waals surface area contributed by atoms with E-state index in [0.717, 1.165) is 22.4 Å². The van der Waals surface area contributed by atoms with Crippen LogP contribution in [0.1, 0.15) is 26.4 Å². The van der Waals surface area contributed by atoms with E-state index in [-0.39, 0.29) is 5.91 Å². The highest BCUT2D eigenvalue weighted by molar-refractivity contribution is 7.12. The van der Waals surface area contributed by atoms with Gasteiger partial charge in [-0.25, -0.2) is 0 Å². The van der Waals surface area contributed by atoms with E-state index < -0.39 is 0 Å². The van der Waals surface area contributed by atoms with Gasteiger partial charge >= 0.3 is 0 Å². The maximum Gasteiger partial charge on any atom is 0.265 e. The van der Waals surface area contributed by atoms with E-state index in [1.54, 1.807) is 13.2 Å². The Morgan fingerprint density at radius 3 is 2.63 bits per heavy atom. The molecule has 3 rings (SSSR count). The van der Waals surface area contributed by atoms with Crippen molar-refractivity contribution in [2.75, 3.05) is 12.4 Å². The van der Waals surface area contributed by atoms with Crippen LogP contribution in [0.3, 0.4) is 0 Å². The normalized spacial score (nSPS) is 10.5. The Bertz CT molecular complexity index is 968. The molecule has 1 heterocycles. The Morgan fingerprint density at radius 2 is 1.89 bits per heavy atom. The summed E-state index contributed by atoms with van der Waals surface area (Å²) in [5, 5.41) is 5.52. The zero-order valence-corrected chi connectivity index (χ0v) is 16.9.